The number of amides is 2. The first-order chi connectivity index (χ1) is 9.10. The van der Waals surface area contributed by atoms with Crippen LogP contribution in [0.5, 0.6) is 0 Å². The van der Waals surface area contributed by atoms with Gasteiger partial charge in [-0.05, 0) is 12.8 Å². The van der Waals surface area contributed by atoms with Crippen molar-refractivity contribution in [3.8, 4) is 0 Å². The average molecular weight is 276 g/mol. The summed E-state index contributed by atoms with van der Waals surface area (Å²) in [6.45, 7) is 3.97. The molecule has 0 spiro atoms. The van der Waals surface area contributed by atoms with Gasteiger partial charge in [0.1, 0.15) is 0 Å². The van der Waals surface area contributed by atoms with Crippen molar-refractivity contribution >= 4 is 12.0 Å². The van der Waals surface area contributed by atoms with Crippen molar-refractivity contribution in [1.29, 1.82) is 0 Å². The molecule has 0 saturated carbocycles. The Morgan fingerprint density at radius 2 is 2.00 bits per heavy atom. The van der Waals surface area contributed by atoms with Crippen LogP contribution in [-0.2, 0) is 14.3 Å². The van der Waals surface area contributed by atoms with Gasteiger partial charge in [0.15, 0.2) is 0 Å². The van der Waals surface area contributed by atoms with Crippen molar-refractivity contribution in [2.45, 2.75) is 32.2 Å². The molecule has 1 atom stereocenters. The van der Waals surface area contributed by atoms with E-state index in [2.05, 4.69) is 10.6 Å². The van der Waals surface area contributed by atoms with Crippen LogP contribution in [0.2, 0.25) is 0 Å². The lowest BCUT2D eigenvalue weighted by Crippen LogP contribution is -2.43. The minimum absolute atomic E-state index is 0.0654. The standard InChI is InChI=1S/C12H24N2O5/c1-3-10(9-11(15)16)14-12(17)13-5-4-6-19-8-7-18-2/h10H,3-9H2,1-2H3,(H,15,16)(H2,13,14,17). The fraction of sp³-hybridized carbons (Fsp3) is 0.833. The minimum atomic E-state index is -0.918. The molecule has 112 valence electrons. The van der Waals surface area contributed by atoms with Crippen LogP contribution < -0.4 is 10.6 Å². The molecule has 7 nitrogen and oxygen atoms in total. The van der Waals surface area contributed by atoms with Gasteiger partial charge in [0, 0.05) is 26.3 Å². The lowest BCUT2D eigenvalue weighted by atomic mass is 10.1. The molecule has 0 rings (SSSR count). The van der Waals surface area contributed by atoms with Crippen LogP contribution in [0.25, 0.3) is 0 Å². The van der Waals surface area contributed by atoms with Crippen LogP contribution in [0.1, 0.15) is 26.2 Å². The fourth-order valence-electron chi connectivity index (χ4n) is 1.37. The lowest BCUT2D eigenvalue weighted by molar-refractivity contribution is -0.137. The molecule has 0 aliphatic heterocycles. The molecule has 0 heterocycles. The Bertz CT molecular complexity index is 261. The smallest absolute Gasteiger partial charge is 0.315 e. The molecule has 0 aliphatic rings. The van der Waals surface area contributed by atoms with Crippen LogP contribution in [0.15, 0.2) is 0 Å². The minimum Gasteiger partial charge on any atom is -0.481 e. The lowest BCUT2D eigenvalue weighted by Gasteiger charge is -2.15. The summed E-state index contributed by atoms with van der Waals surface area (Å²) in [4.78, 5) is 22.0. The second kappa shape index (κ2) is 11.7. The highest BCUT2D eigenvalue weighted by Crippen LogP contribution is 1.97. The Morgan fingerprint density at radius 1 is 1.26 bits per heavy atom. The second-order valence-electron chi connectivity index (χ2n) is 4.06. The SMILES string of the molecule is CCC(CC(=O)O)NC(=O)NCCCOCCOC. The van der Waals surface area contributed by atoms with Gasteiger partial charge in [0.2, 0.25) is 0 Å². The van der Waals surface area contributed by atoms with Crippen LogP contribution in [0.4, 0.5) is 4.79 Å². The summed E-state index contributed by atoms with van der Waals surface area (Å²) >= 11 is 0. The zero-order chi connectivity index (χ0) is 14.5. The molecule has 0 bridgehead atoms. The number of hydrogen-bond acceptors (Lipinski definition) is 4. The highest BCUT2D eigenvalue weighted by Gasteiger charge is 2.13. The number of nitrogens with one attached hydrogen (secondary N) is 2. The van der Waals surface area contributed by atoms with Crippen molar-refractivity contribution in [1.82, 2.24) is 10.6 Å². The number of ether oxygens (including phenoxy) is 2. The highest BCUT2D eigenvalue weighted by molar-refractivity contribution is 5.75. The number of carbonyl (C=O) groups is 2. The van der Waals surface area contributed by atoms with E-state index in [1.807, 2.05) is 6.92 Å². The zero-order valence-corrected chi connectivity index (χ0v) is 11.6. The predicted octanol–water partition coefficient (Wildman–Crippen LogP) is 0.592. The number of urea groups is 1. The molecule has 7 heteroatoms. The van der Waals surface area contributed by atoms with Gasteiger partial charge in [-0.1, -0.05) is 6.92 Å². The molecule has 0 radical (unpaired) electrons. The molecule has 0 aromatic heterocycles. The van der Waals surface area contributed by atoms with E-state index in [4.69, 9.17) is 14.6 Å². The fourth-order valence-corrected chi connectivity index (χ4v) is 1.37. The third-order valence-electron chi connectivity index (χ3n) is 2.43. The number of carboxylic acid groups (broad SMARTS) is 1. The van der Waals surface area contributed by atoms with E-state index in [1.54, 1.807) is 7.11 Å². The monoisotopic (exact) mass is 276 g/mol. The molecular formula is C12H24N2O5. The summed E-state index contributed by atoms with van der Waals surface area (Å²) in [6, 6.07) is -0.680. The molecular weight excluding hydrogens is 252 g/mol. The molecule has 0 aliphatic carbocycles. The summed E-state index contributed by atoms with van der Waals surface area (Å²) in [5.41, 5.74) is 0. The van der Waals surface area contributed by atoms with Crippen molar-refractivity contribution in [2.75, 3.05) is 33.5 Å². The number of carboxylic acids is 1. The van der Waals surface area contributed by atoms with Gasteiger partial charge in [0.25, 0.3) is 0 Å². The molecule has 19 heavy (non-hydrogen) atoms. The van der Waals surface area contributed by atoms with Crippen LogP contribution in [0, 0.1) is 0 Å². The number of rotatable bonds is 11. The van der Waals surface area contributed by atoms with E-state index < -0.39 is 5.97 Å². The van der Waals surface area contributed by atoms with Gasteiger partial charge in [-0.25, -0.2) is 4.79 Å². The molecule has 2 amide bonds. The summed E-state index contributed by atoms with van der Waals surface area (Å²) in [5.74, 6) is -0.918. The molecule has 3 N–H and O–H groups in total. The van der Waals surface area contributed by atoms with Gasteiger partial charge in [-0.15, -0.1) is 0 Å². The van der Waals surface area contributed by atoms with Crippen LogP contribution >= 0.6 is 0 Å². The van der Waals surface area contributed by atoms with E-state index in [-0.39, 0.29) is 18.5 Å². The van der Waals surface area contributed by atoms with Gasteiger partial charge in [0.05, 0.1) is 19.6 Å². The number of aliphatic carboxylic acids is 1. The van der Waals surface area contributed by atoms with Gasteiger partial charge in [-0.3, -0.25) is 4.79 Å². The average Bonchev–Trinajstić information content (AvgIpc) is 2.36. The molecule has 0 aromatic rings. The molecule has 0 fully saturated rings. The van der Waals surface area contributed by atoms with Gasteiger partial charge < -0.3 is 25.2 Å². The summed E-state index contributed by atoms with van der Waals surface area (Å²) in [6.07, 6.45) is 1.22. The maximum atomic E-state index is 11.5. The first-order valence-electron chi connectivity index (χ1n) is 6.43. The normalized spacial score (nSPS) is 11.9. The van der Waals surface area contributed by atoms with E-state index in [0.717, 1.165) is 0 Å². The maximum Gasteiger partial charge on any atom is 0.315 e. The van der Waals surface area contributed by atoms with Gasteiger partial charge >= 0.3 is 12.0 Å². The van der Waals surface area contributed by atoms with E-state index >= 15 is 0 Å². The third kappa shape index (κ3) is 11.5. The largest absolute Gasteiger partial charge is 0.481 e. The Morgan fingerprint density at radius 3 is 2.58 bits per heavy atom. The van der Waals surface area contributed by atoms with Crippen LogP contribution in [-0.4, -0.2) is 56.6 Å². The molecule has 1 unspecified atom stereocenters. The van der Waals surface area contributed by atoms with E-state index in [0.29, 0.717) is 39.2 Å². The van der Waals surface area contributed by atoms with Crippen molar-refractivity contribution in [3.05, 3.63) is 0 Å². The summed E-state index contributed by atoms with van der Waals surface area (Å²) in [5, 5.41) is 13.9. The molecule has 0 saturated heterocycles. The number of hydrogen-bond donors (Lipinski definition) is 3. The predicted molar refractivity (Wildman–Crippen MR) is 70.2 cm³/mol. The summed E-state index contributed by atoms with van der Waals surface area (Å²) in [7, 11) is 1.61. The number of methoxy groups -OCH3 is 1. The van der Waals surface area contributed by atoms with Crippen molar-refractivity contribution < 1.29 is 24.2 Å². The van der Waals surface area contributed by atoms with Crippen molar-refractivity contribution in [2.24, 2.45) is 0 Å². The topological polar surface area (TPSA) is 96.9 Å². The first-order valence-corrected chi connectivity index (χ1v) is 6.43. The van der Waals surface area contributed by atoms with Crippen LogP contribution in [0.3, 0.4) is 0 Å². The highest BCUT2D eigenvalue weighted by atomic mass is 16.5. The first kappa shape index (κ1) is 17.7. The second-order valence-corrected chi connectivity index (χ2v) is 4.06. The third-order valence-corrected chi connectivity index (χ3v) is 2.43. The Labute approximate surface area is 113 Å². The Hall–Kier alpha value is -1.34. The Balaban J connectivity index is 3.54. The van der Waals surface area contributed by atoms with E-state index in [1.165, 1.54) is 0 Å². The Kier molecular flexibility index (Phi) is 10.9. The molecule has 0 aromatic carbocycles. The van der Waals surface area contributed by atoms with E-state index in [9.17, 15) is 9.59 Å². The zero-order valence-electron chi connectivity index (χ0n) is 11.6. The van der Waals surface area contributed by atoms with Gasteiger partial charge in [-0.2, -0.15) is 0 Å². The number of carbonyl (C=O) groups excluding carboxylic acids is 1. The quantitative estimate of drug-likeness (QED) is 0.480. The summed E-state index contributed by atoms with van der Waals surface area (Å²) < 4.78 is 10.1. The maximum absolute atomic E-state index is 11.5. The van der Waals surface area contributed by atoms with Crippen molar-refractivity contribution in [3.63, 3.8) is 0 Å².